The van der Waals surface area contributed by atoms with E-state index in [1.807, 2.05) is 0 Å². The Morgan fingerprint density at radius 1 is 0.406 bits per heavy atom. The van der Waals surface area contributed by atoms with Crippen molar-refractivity contribution in [2.75, 3.05) is 0 Å². The van der Waals surface area contributed by atoms with Crippen LogP contribution in [0.25, 0.3) is 111 Å². The van der Waals surface area contributed by atoms with Crippen molar-refractivity contribution < 1.29 is 0 Å². The van der Waals surface area contributed by atoms with E-state index in [0.717, 1.165) is 33.6 Å². The molecule has 0 N–H and O–H groups in total. The van der Waals surface area contributed by atoms with Crippen LogP contribution in [0, 0.1) is 0 Å². The first-order chi connectivity index (χ1) is 30.6. The van der Waals surface area contributed by atoms with E-state index in [4.69, 9.17) is 9.97 Å². The van der Waals surface area contributed by atoms with Gasteiger partial charge in [-0.25, -0.2) is 9.97 Å². The number of fused-ring (bicyclic) bond motifs is 26. The first kappa shape index (κ1) is 35.5. The van der Waals surface area contributed by atoms with E-state index < -0.39 is 0 Å². The normalized spacial score (nSPS) is 15.9. The van der Waals surface area contributed by atoms with Gasteiger partial charge in [0.2, 0.25) is 11.6 Å². The number of rotatable bonds is 0. The summed E-state index contributed by atoms with van der Waals surface area (Å²) in [5.41, 5.74) is 24.5. The van der Waals surface area contributed by atoms with Crippen molar-refractivity contribution in [3.05, 3.63) is 143 Å². The van der Waals surface area contributed by atoms with Crippen molar-refractivity contribution in [1.82, 2.24) is 27.6 Å². The first-order valence-electron chi connectivity index (χ1n) is 23.0. The number of hydrogen-bond acceptors (Lipinski definition) is 2. The zero-order chi connectivity index (χ0) is 43.5. The van der Waals surface area contributed by atoms with E-state index in [1.165, 1.54) is 110 Å². The fraction of sp³-hybridized carbons (Fsp3) is 0.241. The Morgan fingerprint density at radius 3 is 1.16 bits per heavy atom. The van der Waals surface area contributed by atoms with Gasteiger partial charge in [-0.05, 0) is 103 Å². The molecule has 0 atom stereocenters. The summed E-state index contributed by atoms with van der Waals surface area (Å²) in [5, 5.41) is 5.04. The lowest BCUT2D eigenvalue weighted by Gasteiger charge is -2.21. The summed E-state index contributed by atoms with van der Waals surface area (Å²) in [6.07, 6.45) is 0. The molecule has 0 bridgehead atoms. The maximum absolute atomic E-state index is 5.83. The molecule has 2 aliphatic rings. The second-order valence-electron chi connectivity index (χ2n) is 22.3. The van der Waals surface area contributed by atoms with Gasteiger partial charge >= 0.3 is 0 Å². The van der Waals surface area contributed by atoms with E-state index in [9.17, 15) is 0 Å². The molecule has 310 valence electrons. The number of benzene rings is 7. The highest BCUT2D eigenvalue weighted by Gasteiger charge is 2.41. The fourth-order valence-corrected chi connectivity index (χ4v) is 13.0. The Balaban J connectivity index is 1.22. The summed E-state index contributed by atoms with van der Waals surface area (Å²) in [6.45, 7) is 23.5. The zero-order valence-corrected chi connectivity index (χ0v) is 38.1. The maximum Gasteiger partial charge on any atom is 0.220 e. The maximum atomic E-state index is 5.83. The van der Waals surface area contributed by atoms with Crippen molar-refractivity contribution >= 4 is 88.3 Å². The van der Waals surface area contributed by atoms with Gasteiger partial charge in [0.05, 0.1) is 55.2 Å². The largest absolute Gasteiger partial charge is 0.277 e. The number of nitrogens with zero attached hydrogens (tertiary/aromatic N) is 6. The SMILES string of the molecule is CC(C)(C)c1ccc2c(c1)c1c3c4c(c5cc(C(C)(C)C)ccc5n4c4nc5c6c(ccc5n34)-c3ccccc3C6(C)C)c3c1n2c1nc2c4c(ccc2n31)-c1ccccc1C4(C)C. The van der Waals surface area contributed by atoms with Crippen LogP contribution in [-0.4, -0.2) is 27.6 Å². The molecular formula is C58H48N6. The molecule has 0 radical (unpaired) electrons. The van der Waals surface area contributed by atoms with Crippen LogP contribution in [-0.2, 0) is 21.7 Å². The molecule has 13 aromatic rings. The second kappa shape index (κ2) is 10.5. The standard InChI is InChI=1S/C58H48N6/c1-55(2,3)29-19-23-39-35(27-29)43-49-52(64-42-26-22-34-32-16-12-14-18-38(32)58(9,10)46(34)48(42)59-53(64)61(39)49)44-36-28-30(56(4,5)6)20-24-40(36)62-50(44)51(43)63-41-25-21-33-31-15-11-13-17-37(31)57(7,8)45(33)47(41)60-54(62)63/h11-28H,1-10H3. The van der Waals surface area contributed by atoms with Crippen molar-refractivity contribution in [2.45, 2.75) is 90.9 Å². The second-order valence-corrected chi connectivity index (χ2v) is 22.3. The minimum atomic E-state index is -0.203. The summed E-state index contributed by atoms with van der Waals surface area (Å²) >= 11 is 0. The third-order valence-electron chi connectivity index (χ3n) is 16.1. The van der Waals surface area contributed by atoms with E-state index in [-0.39, 0.29) is 21.7 Å². The molecule has 0 fully saturated rings. The molecule has 0 saturated heterocycles. The highest BCUT2D eigenvalue weighted by molar-refractivity contribution is 6.37. The predicted molar refractivity (Wildman–Crippen MR) is 266 cm³/mol. The van der Waals surface area contributed by atoms with Gasteiger partial charge < -0.3 is 0 Å². The number of imidazole rings is 4. The Bertz CT molecular complexity index is 4030. The van der Waals surface area contributed by atoms with Crippen molar-refractivity contribution in [3.63, 3.8) is 0 Å². The molecule has 0 unspecified atom stereocenters. The molecule has 0 aliphatic heterocycles. The molecule has 2 aliphatic carbocycles. The summed E-state index contributed by atoms with van der Waals surface area (Å²) < 4.78 is 10.1. The summed E-state index contributed by atoms with van der Waals surface area (Å²) in [5.74, 6) is 1.93. The smallest absolute Gasteiger partial charge is 0.220 e. The van der Waals surface area contributed by atoms with Crippen LogP contribution >= 0.6 is 0 Å². The number of hydrogen-bond donors (Lipinski definition) is 0. The van der Waals surface area contributed by atoms with E-state index in [1.54, 1.807) is 0 Å². The van der Waals surface area contributed by atoms with E-state index in [0.29, 0.717) is 0 Å². The van der Waals surface area contributed by atoms with Gasteiger partial charge in [-0.1, -0.05) is 142 Å². The van der Waals surface area contributed by atoms with E-state index in [2.05, 4.69) is 196 Å². The van der Waals surface area contributed by atoms with Gasteiger partial charge in [0, 0.05) is 32.4 Å². The minimum Gasteiger partial charge on any atom is -0.277 e. The third-order valence-corrected chi connectivity index (χ3v) is 16.1. The Hall–Kier alpha value is -6.92. The lowest BCUT2D eigenvalue weighted by Crippen LogP contribution is -2.15. The van der Waals surface area contributed by atoms with Crippen LogP contribution in [0.2, 0.25) is 0 Å². The quantitative estimate of drug-likeness (QED) is 0.153. The van der Waals surface area contributed by atoms with Crippen molar-refractivity contribution in [2.24, 2.45) is 0 Å². The van der Waals surface area contributed by atoms with Gasteiger partial charge in [0.1, 0.15) is 0 Å². The van der Waals surface area contributed by atoms with Gasteiger partial charge in [-0.2, -0.15) is 0 Å². The predicted octanol–water partition coefficient (Wildman–Crippen LogP) is 14.5. The van der Waals surface area contributed by atoms with Gasteiger partial charge in [-0.15, -0.1) is 0 Å². The third kappa shape index (κ3) is 3.76. The van der Waals surface area contributed by atoms with Crippen LogP contribution < -0.4 is 0 Å². The Labute approximate surface area is 370 Å². The topological polar surface area (TPSA) is 43.4 Å². The van der Waals surface area contributed by atoms with Crippen LogP contribution in [0.5, 0.6) is 0 Å². The molecule has 6 nitrogen and oxygen atoms in total. The van der Waals surface area contributed by atoms with Crippen LogP contribution in [0.15, 0.2) is 109 Å². The van der Waals surface area contributed by atoms with Gasteiger partial charge in [-0.3, -0.25) is 17.6 Å². The minimum absolute atomic E-state index is 0.0411. The van der Waals surface area contributed by atoms with E-state index >= 15 is 0 Å². The molecule has 64 heavy (non-hydrogen) atoms. The Morgan fingerprint density at radius 2 is 0.766 bits per heavy atom. The van der Waals surface area contributed by atoms with Crippen LogP contribution in [0.4, 0.5) is 0 Å². The molecule has 0 spiro atoms. The lowest BCUT2D eigenvalue weighted by atomic mass is 9.82. The van der Waals surface area contributed by atoms with Crippen LogP contribution in [0.3, 0.4) is 0 Å². The van der Waals surface area contributed by atoms with Crippen molar-refractivity contribution in [1.29, 1.82) is 0 Å². The molecule has 7 aromatic carbocycles. The Kier molecular flexibility index (Phi) is 5.85. The van der Waals surface area contributed by atoms with Crippen LogP contribution in [0.1, 0.15) is 103 Å². The lowest BCUT2D eigenvalue weighted by molar-refractivity contribution is 0.591. The molecule has 0 amide bonds. The first-order valence-corrected chi connectivity index (χ1v) is 23.0. The average molecular weight is 829 g/mol. The molecule has 15 rings (SSSR count). The molecular weight excluding hydrogens is 781 g/mol. The molecule has 0 saturated carbocycles. The highest BCUT2D eigenvalue weighted by atomic mass is 15.2. The average Bonchev–Trinajstić information content (AvgIpc) is 4.12. The van der Waals surface area contributed by atoms with Gasteiger partial charge in [0.15, 0.2) is 0 Å². The fourth-order valence-electron chi connectivity index (χ4n) is 13.0. The highest BCUT2D eigenvalue weighted by Crippen LogP contribution is 2.55. The number of aromatic nitrogens is 6. The monoisotopic (exact) mass is 828 g/mol. The summed E-state index contributed by atoms with van der Waals surface area (Å²) in [6, 6.07) is 41.7. The molecule has 6 heterocycles. The van der Waals surface area contributed by atoms with Crippen molar-refractivity contribution in [3.8, 4) is 22.3 Å². The molecule has 6 aromatic heterocycles. The molecule has 6 heteroatoms. The summed E-state index contributed by atoms with van der Waals surface area (Å²) in [4.78, 5) is 11.7. The summed E-state index contributed by atoms with van der Waals surface area (Å²) in [7, 11) is 0. The zero-order valence-electron chi connectivity index (χ0n) is 38.1. The van der Waals surface area contributed by atoms with Gasteiger partial charge in [0.25, 0.3) is 0 Å².